The average Bonchev–Trinajstić information content (AvgIpc) is 2.52. The highest BCUT2D eigenvalue weighted by atomic mass is 19.1. The van der Waals surface area contributed by atoms with E-state index >= 15 is 0 Å². The number of ether oxygens (including phenoxy) is 1. The fraction of sp³-hybridized carbons (Fsp3) is 0.375. The molecule has 0 saturated carbocycles. The fourth-order valence-corrected chi connectivity index (χ4v) is 2.75. The summed E-state index contributed by atoms with van der Waals surface area (Å²) in [5, 5.41) is 0. The number of anilines is 2. The van der Waals surface area contributed by atoms with Crippen molar-refractivity contribution in [1.82, 2.24) is 9.97 Å². The fourth-order valence-electron chi connectivity index (χ4n) is 2.75. The van der Waals surface area contributed by atoms with Crippen LogP contribution in [0, 0.1) is 17.6 Å². The van der Waals surface area contributed by atoms with Crippen molar-refractivity contribution >= 4 is 11.5 Å². The van der Waals surface area contributed by atoms with Crippen LogP contribution < -0.4 is 15.4 Å². The summed E-state index contributed by atoms with van der Waals surface area (Å²) in [5.74, 6) is -0.403. The van der Waals surface area contributed by atoms with Gasteiger partial charge in [0.25, 0.3) is 0 Å². The Morgan fingerprint density at radius 2 is 2.13 bits per heavy atom. The van der Waals surface area contributed by atoms with E-state index in [9.17, 15) is 8.78 Å². The smallest absolute Gasteiger partial charge is 0.248 e. The normalized spacial score (nSPS) is 18.0. The molecule has 0 amide bonds. The van der Waals surface area contributed by atoms with E-state index in [0.29, 0.717) is 11.7 Å². The lowest BCUT2D eigenvalue weighted by Crippen LogP contribution is -2.35. The Balaban J connectivity index is 1.87. The molecule has 2 heterocycles. The van der Waals surface area contributed by atoms with Gasteiger partial charge in [-0.05, 0) is 30.9 Å². The summed E-state index contributed by atoms with van der Waals surface area (Å²) in [6, 6.07) is 3.07. The molecule has 1 aromatic heterocycles. The summed E-state index contributed by atoms with van der Waals surface area (Å²) in [7, 11) is 0. The molecule has 1 atom stereocenters. The number of nitrogen functional groups attached to an aromatic ring is 1. The maximum atomic E-state index is 13.7. The summed E-state index contributed by atoms with van der Waals surface area (Å²) >= 11 is 0. The summed E-state index contributed by atoms with van der Waals surface area (Å²) in [4.78, 5) is 10.3. The molecular formula is C16H18F2N4O. The van der Waals surface area contributed by atoms with Gasteiger partial charge in [-0.2, -0.15) is 4.98 Å². The Morgan fingerprint density at radius 1 is 1.30 bits per heavy atom. The molecule has 1 fully saturated rings. The van der Waals surface area contributed by atoms with Gasteiger partial charge < -0.3 is 15.4 Å². The second kappa shape index (κ2) is 6.36. The standard InChI is InChI=1S/C16H18F2N4O/c1-10-3-2-6-22(8-10)15-14(19)16(21-9-20-15)23-13-5-4-11(17)7-12(13)18/h4-5,7,9-10H,2-3,6,8,19H2,1H3/t10-/m1/s1. The number of piperidine rings is 1. The molecular weight excluding hydrogens is 302 g/mol. The van der Waals surface area contributed by atoms with Gasteiger partial charge in [0.15, 0.2) is 17.4 Å². The number of nitrogens with zero attached hydrogens (tertiary/aromatic N) is 3. The third-order valence-corrected chi connectivity index (χ3v) is 3.88. The Morgan fingerprint density at radius 3 is 2.87 bits per heavy atom. The molecule has 1 aliphatic rings. The zero-order chi connectivity index (χ0) is 16.4. The van der Waals surface area contributed by atoms with E-state index < -0.39 is 11.6 Å². The molecule has 0 spiro atoms. The number of hydrogen-bond acceptors (Lipinski definition) is 5. The average molecular weight is 320 g/mol. The maximum absolute atomic E-state index is 13.7. The van der Waals surface area contributed by atoms with Gasteiger partial charge >= 0.3 is 0 Å². The van der Waals surface area contributed by atoms with Crippen molar-refractivity contribution in [2.24, 2.45) is 5.92 Å². The molecule has 0 radical (unpaired) electrons. The van der Waals surface area contributed by atoms with Crippen molar-refractivity contribution in [3.8, 4) is 11.6 Å². The first kappa shape index (κ1) is 15.5. The van der Waals surface area contributed by atoms with Crippen molar-refractivity contribution in [1.29, 1.82) is 0 Å². The predicted octanol–water partition coefficient (Wildman–Crippen LogP) is 3.37. The van der Waals surface area contributed by atoms with E-state index in [4.69, 9.17) is 10.5 Å². The Bertz CT molecular complexity index is 710. The van der Waals surface area contributed by atoms with Gasteiger partial charge in [-0.1, -0.05) is 6.92 Å². The Labute approximate surface area is 133 Å². The number of halogens is 2. The van der Waals surface area contributed by atoms with Crippen LogP contribution in [0.15, 0.2) is 24.5 Å². The molecule has 2 N–H and O–H groups in total. The van der Waals surface area contributed by atoms with Gasteiger partial charge in [0.1, 0.15) is 17.8 Å². The van der Waals surface area contributed by atoms with Gasteiger partial charge in [0.2, 0.25) is 5.88 Å². The molecule has 1 aromatic carbocycles. The molecule has 1 aliphatic heterocycles. The van der Waals surface area contributed by atoms with Crippen molar-refractivity contribution in [3.63, 3.8) is 0 Å². The SMILES string of the molecule is C[C@@H]1CCCN(c2ncnc(Oc3ccc(F)cc3F)c2N)C1. The molecule has 5 nitrogen and oxygen atoms in total. The highest BCUT2D eigenvalue weighted by Crippen LogP contribution is 2.34. The number of benzene rings is 1. The van der Waals surface area contributed by atoms with E-state index in [1.807, 2.05) is 0 Å². The van der Waals surface area contributed by atoms with Crippen molar-refractivity contribution in [2.45, 2.75) is 19.8 Å². The number of nitrogens with two attached hydrogens (primary N) is 1. The number of hydrogen-bond donors (Lipinski definition) is 1. The van der Waals surface area contributed by atoms with Crippen LogP contribution in [0.1, 0.15) is 19.8 Å². The Kier molecular flexibility index (Phi) is 4.27. The predicted molar refractivity (Wildman–Crippen MR) is 83.5 cm³/mol. The molecule has 0 aliphatic carbocycles. The van der Waals surface area contributed by atoms with Crippen LogP contribution in [0.5, 0.6) is 11.6 Å². The van der Waals surface area contributed by atoms with Crippen LogP contribution >= 0.6 is 0 Å². The number of aromatic nitrogens is 2. The van der Waals surface area contributed by atoms with Crippen LogP contribution in [-0.2, 0) is 0 Å². The van der Waals surface area contributed by atoms with Gasteiger partial charge in [-0.25, -0.2) is 13.8 Å². The third kappa shape index (κ3) is 3.33. The van der Waals surface area contributed by atoms with E-state index in [1.54, 1.807) is 0 Å². The lowest BCUT2D eigenvalue weighted by molar-refractivity contribution is 0.422. The highest BCUT2D eigenvalue weighted by molar-refractivity contribution is 5.68. The van der Waals surface area contributed by atoms with Gasteiger partial charge in [0.05, 0.1) is 0 Å². The van der Waals surface area contributed by atoms with Crippen molar-refractivity contribution < 1.29 is 13.5 Å². The lowest BCUT2D eigenvalue weighted by Gasteiger charge is -2.32. The second-order valence-electron chi connectivity index (χ2n) is 5.79. The van der Waals surface area contributed by atoms with Crippen LogP contribution in [0.2, 0.25) is 0 Å². The summed E-state index contributed by atoms with van der Waals surface area (Å²) in [6.45, 7) is 3.89. The van der Waals surface area contributed by atoms with Crippen molar-refractivity contribution in [2.75, 3.05) is 23.7 Å². The third-order valence-electron chi connectivity index (χ3n) is 3.88. The van der Waals surface area contributed by atoms with Crippen molar-refractivity contribution in [3.05, 3.63) is 36.2 Å². The van der Waals surface area contributed by atoms with Gasteiger partial charge in [-0.15, -0.1) is 0 Å². The minimum Gasteiger partial charge on any atom is -0.434 e. The molecule has 3 rings (SSSR count). The topological polar surface area (TPSA) is 64.3 Å². The lowest BCUT2D eigenvalue weighted by atomic mass is 10.0. The minimum absolute atomic E-state index is 0.0683. The van der Waals surface area contributed by atoms with E-state index in [2.05, 4.69) is 21.8 Å². The summed E-state index contributed by atoms with van der Waals surface area (Å²) < 4.78 is 32.1. The quantitative estimate of drug-likeness (QED) is 0.939. The summed E-state index contributed by atoms with van der Waals surface area (Å²) in [6.07, 6.45) is 3.57. The van der Waals surface area contributed by atoms with Crippen LogP contribution in [0.4, 0.5) is 20.3 Å². The zero-order valence-electron chi connectivity index (χ0n) is 12.8. The highest BCUT2D eigenvalue weighted by Gasteiger charge is 2.22. The molecule has 122 valence electrons. The first-order chi connectivity index (χ1) is 11.0. The molecule has 0 bridgehead atoms. The molecule has 0 unspecified atom stereocenters. The van der Waals surface area contributed by atoms with Gasteiger partial charge in [0, 0.05) is 19.2 Å². The first-order valence-corrected chi connectivity index (χ1v) is 7.53. The molecule has 7 heteroatoms. The van der Waals surface area contributed by atoms with Crippen LogP contribution in [-0.4, -0.2) is 23.1 Å². The van der Waals surface area contributed by atoms with E-state index in [0.717, 1.165) is 31.6 Å². The Hall–Kier alpha value is -2.44. The minimum atomic E-state index is -0.809. The monoisotopic (exact) mass is 320 g/mol. The van der Waals surface area contributed by atoms with E-state index in [1.165, 1.54) is 18.8 Å². The largest absolute Gasteiger partial charge is 0.434 e. The molecule has 1 saturated heterocycles. The van der Waals surface area contributed by atoms with E-state index in [-0.39, 0.29) is 17.3 Å². The second-order valence-corrected chi connectivity index (χ2v) is 5.79. The summed E-state index contributed by atoms with van der Waals surface area (Å²) in [5.41, 5.74) is 6.35. The van der Waals surface area contributed by atoms with Crippen LogP contribution in [0.25, 0.3) is 0 Å². The first-order valence-electron chi connectivity index (χ1n) is 7.53. The zero-order valence-corrected chi connectivity index (χ0v) is 12.8. The maximum Gasteiger partial charge on any atom is 0.248 e. The molecule has 2 aromatic rings. The number of rotatable bonds is 3. The van der Waals surface area contributed by atoms with Crippen LogP contribution in [0.3, 0.4) is 0 Å². The molecule has 23 heavy (non-hydrogen) atoms. The van der Waals surface area contributed by atoms with Gasteiger partial charge in [-0.3, -0.25) is 0 Å².